The number of benzene rings is 2. The van der Waals surface area contributed by atoms with Crippen molar-refractivity contribution in [1.29, 1.82) is 0 Å². The van der Waals surface area contributed by atoms with E-state index in [-0.39, 0.29) is 5.97 Å². The highest BCUT2D eigenvalue weighted by atomic mass is 16.5. The van der Waals surface area contributed by atoms with E-state index in [2.05, 4.69) is 47.8 Å². The molecule has 0 aliphatic carbocycles. The Kier molecular flexibility index (Phi) is 6.30. The van der Waals surface area contributed by atoms with Crippen LogP contribution in [0.15, 0.2) is 54.6 Å². The van der Waals surface area contributed by atoms with Gasteiger partial charge in [0.1, 0.15) is 5.69 Å². The number of carbonyl (C=O) groups is 1. The van der Waals surface area contributed by atoms with Crippen molar-refractivity contribution in [1.82, 2.24) is 9.47 Å². The summed E-state index contributed by atoms with van der Waals surface area (Å²) in [7, 11) is 4.14. The fourth-order valence-corrected chi connectivity index (χ4v) is 3.56. The molecular weight excluding hydrogens is 336 g/mol. The number of carbonyl (C=O) groups excluding carboxylic acids is 1. The van der Waals surface area contributed by atoms with Crippen LogP contribution in [0.25, 0.3) is 10.9 Å². The molecule has 3 rings (SSSR count). The predicted octanol–water partition coefficient (Wildman–Crippen LogP) is 4.36. The molecule has 4 heteroatoms. The summed E-state index contributed by atoms with van der Waals surface area (Å²) < 4.78 is 7.58. The van der Waals surface area contributed by atoms with Crippen LogP contribution >= 0.6 is 0 Å². The number of hydrogen-bond donors (Lipinski definition) is 0. The smallest absolute Gasteiger partial charge is 0.355 e. The van der Waals surface area contributed by atoms with Crippen LogP contribution in [-0.4, -0.2) is 42.7 Å². The molecule has 0 fully saturated rings. The molecule has 4 nitrogen and oxygen atoms in total. The lowest BCUT2D eigenvalue weighted by atomic mass is 10.0. The van der Waals surface area contributed by atoms with Crippen LogP contribution < -0.4 is 0 Å². The summed E-state index contributed by atoms with van der Waals surface area (Å²) in [6, 6.07) is 18.6. The zero-order valence-electron chi connectivity index (χ0n) is 16.4. The van der Waals surface area contributed by atoms with E-state index in [9.17, 15) is 4.79 Å². The summed E-state index contributed by atoms with van der Waals surface area (Å²) in [5.41, 5.74) is 4.05. The van der Waals surface area contributed by atoms with Crippen molar-refractivity contribution in [3.05, 3.63) is 71.4 Å². The van der Waals surface area contributed by atoms with Gasteiger partial charge in [-0.05, 0) is 51.2 Å². The van der Waals surface area contributed by atoms with Gasteiger partial charge in [0.2, 0.25) is 0 Å². The Hall–Kier alpha value is -2.59. The highest BCUT2D eigenvalue weighted by Crippen LogP contribution is 2.29. The van der Waals surface area contributed by atoms with Crippen molar-refractivity contribution in [2.45, 2.75) is 26.3 Å². The normalized spacial score (nSPS) is 11.3. The van der Waals surface area contributed by atoms with Gasteiger partial charge < -0.3 is 14.2 Å². The molecule has 0 N–H and O–H groups in total. The van der Waals surface area contributed by atoms with Gasteiger partial charge in [0.15, 0.2) is 0 Å². The van der Waals surface area contributed by atoms with E-state index in [1.54, 1.807) is 0 Å². The minimum atomic E-state index is -0.232. The molecule has 0 aliphatic rings. The molecule has 0 radical (unpaired) electrons. The van der Waals surface area contributed by atoms with Crippen molar-refractivity contribution in [3.63, 3.8) is 0 Å². The lowest BCUT2D eigenvalue weighted by Crippen LogP contribution is -2.18. The Labute approximate surface area is 161 Å². The van der Waals surface area contributed by atoms with Crippen LogP contribution in [-0.2, 0) is 17.7 Å². The Morgan fingerprint density at radius 3 is 2.44 bits per heavy atom. The maximum atomic E-state index is 12.9. The molecule has 1 heterocycles. The van der Waals surface area contributed by atoms with Crippen molar-refractivity contribution in [2.24, 2.45) is 0 Å². The zero-order valence-corrected chi connectivity index (χ0v) is 16.4. The topological polar surface area (TPSA) is 34.5 Å². The third kappa shape index (κ3) is 4.40. The maximum Gasteiger partial charge on any atom is 0.355 e. The van der Waals surface area contributed by atoms with Gasteiger partial charge in [-0.25, -0.2) is 4.79 Å². The minimum Gasteiger partial charge on any atom is -0.461 e. The first-order chi connectivity index (χ1) is 13.1. The SMILES string of the molecule is CCOC(=O)c1c(Cc2ccccc2)c2ccccc2n1CCCN(C)C. The summed E-state index contributed by atoms with van der Waals surface area (Å²) in [6.07, 6.45) is 1.69. The number of rotatable bonds is 8. The predicted molar refractivity (Wildman–Crippen MR) is 110 cm³/mol. The number of aromatic nitrogens is 1. The molecule has 3 aromatic rings. The minimum absolute atomic E-state index is 0.232. The quantitative estimate of drug-likeness (QED) is 0.557. The first-order valence-corrected chi connectivity index (χ1v) is 9.57. The lowest BCUT2D eigenvalue weighted by Gasteiger charge is -2.14. The molecule has 1 aromatic heterocycles. The second-order valence-electron chi connectivity index (χ2n) is 7.04. The second kappa shape index (κ2) is 8.87. The standard InChI is InChI=1S/C23H28N2O2/c1-4-27-23(26)22-20(17-18-11-6-5-7-12-18)19-13-8-9-14-21(19)25(22)16-10-15-24(2)3/h5-9,11-14H,4,10,15-17H2,1-3H3. The largest absolute Gasteiger partial charge is 0.461 e. The zero-order chi connectivity index (χ0) is 19.2. The van der Waals surface area contributed by atoms with Crippen LogP contribution in [0.5, 0.6) is 0 Å². The fourth-order valence-electron chi connectivity index (χ4n) is 3.56. The van der Waals surface area contributed by atoms with Gasteiger partial charge in [-0.2, -0.15) is 0 Å². The third-order valence-corrected chi connectivity index (χ3v) is 4.76. The molecule has 0 aliphatic heterocycles. The molecule has 0 atom stereocenters. The van der Waals surface area contributed by atoms with E-state index in [0.29, 0.717) is 12.3 Å². The monoisotopic (exact) mass is 364 g/mol. The van der Waals surface area contributed by atoms with Gasteiger partial charge in [0.25, 0.3) is 0 Å². The summed E-state index contributed by atoms with van der Waals surface area (Å²) in [5, 5.41) is 1.13. The number of esters is 1. The number of hydrogen-bond acceptors (Lipinski definition) is 3. The molecule has 27 heavy (non-hydrogen) atoms. The fraction of sp³-hybridized carbons (Fsp3) is 0.348. The summed E-state index contributed by atoms with van der Waals surface area (Å²) >= 11 is 0. The summed E-state index contributed by atoms with van der Waals surface area (Å²) in [6.45, 7) is 4.00. The molecule has 0 spiro atoms. The van der Waals surface area contributed by atoms with E-state index >= 15 is 0 Å². The number of fused-ring (bicyclic) bond motifs is 1. The van der Waals surface area contributed by atoms with Gasteiger partial charge in [-0.3, -0.25) is 0 Å². The van der Waals surface area contributed by atoms with Gasteiger partial charge >= 0.3 is 5.97 Å². The van der Waals surface area contributed by atoms with E-state index < -0.39 is 0 Å². The van der Waals surface area contributed by atoms with E-state index in [0.717, 1.165) is 42.4 Å². The van der Waals surface area contributed by atoms with Crippen molar-refractivity contribution < 1.29 is 9.53 Å². The first kappa shape index (κ1) is 19.2. The summed E-state index contributed by atoms with van der Waals surface area (Å²) in [5.74, 6) is -0.232. The third-order valence-electron chi connectivity index (χ3n) is 4.76. The molecule has 0 saturated heterocycles. The van der Waals surface area contributed by atoms with Crippen molar-refractivity contribution >= 4 is 16.9 Å². The highest BCUT2D eigenvalue weighted by molar-refractivity contribution is 5.99. The molecule has 142 valence electrons. The van der Waals surface area contributed by atoms with Crippen LogP contribution in [0.4, 0.5) is 0 Å². The average Bonchev–Trinajstić information content (AvgIpc) is 2.96. The maximum absolute atomic E-state index is 12.9. The molecule has 0 saturated carbocycles. The van der Waals surface area contributed by atoms with Crippen LogP contribution in [0, 0.1) is 0 Å². The van der Waals surface area contributed by atoms with Crippen molar-refractivity contribution in [3.8, 4) is 0 Å². The van der Waals surface area contributed by atoms with Crippen LogP contribution in [0.3, 0.4) is 0 Å². The first-order valence-electron chi connectivity index (χ1n) is 9.57. The van der Waals surface area contributed by atoms with Gasteiger partial charge in [0.05, 0.1) is 6.61 Å². The molecule has 0 amide bonds. The number of nitrogens with zero attached hydrogens (tertiary/aromatic N) is 2. The Balaban J connectivity index is 2.10. The number of aryl methyl sites for hydroxylation is 1. The number of ether oxygens (including phenoxy) is 1. The molecule has 0 bridgehead atoms. The molecule has 2 aromatic carbocycles. The van der Waals surface area contributed by atoms with Crippen LogP contribution in [0.1, 0.15) is 35.0 Å². The van der Waals surface area contributed by atoms with Crippen molar-refractivity contribution in [2.75, 3.05) is 27.2 Å². The number of para-hydroxylation sites is 1. The average molecular weight is 364 g/mol. The van der Waals surface area contributed by atoms with E-state index in [4.69, 9.17) is 4.74 Å². The van der Waals surface area contributed by atoms with Crippen LogP contribution in [0.2, 0.25) is 0 Å². The lowest BCUT2D eigenvalue weighted by molar-refractivity contribution is 0.0513. The Morgan fingerprint density at radius 1 is 1.04 bits per heavy atom. The Bertz CT molecular complexity index is 897. The van der Waals surface area contributed by atoms with Gasteiger partial charge in [-0.15, -0.1) is 0 Å². The van der Waals surface area contributed by atoms with E-state index in [1.807, 2.05) is 37.3 Å². The highest BCUT2D eigenvalue weighted by Gasteiger charge is 2.23. The molecular formula is C23H28N2O2. The van der Waals surface area contributed by atoms with Gasteiger partial charge in [0, 0.05) is 23.9 Å². The Morgan fingerprint density at radius 2 is 1.74 bits per heavy atom. The molecule has 0 unspecified atom stereocenters. The summed E-state index contributed by atoms with van der Waals surface area (Å²) in [4.78, 5) is 15.1. The van der Waals surface area contributed by atoms with E-state index in [1.165, 1.54) is 5.56 Å². The van der Waals surface area contributed by atoms with Gasteiger partial charge in [-0.1, -0.05) is 48.5 Å². The second-order valence-corrected chi connectivity index (χ2v) is 7.04.